The maximum absolute atomic E-state index is 11.8. The van der Waals surface area contributed by atoms with Gasteiger partial charge >= 0.3 is 0 Å². The van der Waals surface area contributed by atoms with Crippen LogP contribution in [0.2, 0.25) is 0 Å². The minimum Gasteiger partial charge on any atom is -0.330 e. The first-order valence-electron chi connectivity index (χ1n) is 6.54. The van der Waals surface area contributed by atoms with Crippen LogP contribution in [0.15, 0.2) is 54.6 Å². The van der Waals surface area contributed by atoms with E-state index in [0.717, 1.165) is 17.5 Å². The van der Waals surface area contributed by atoms with Gasteiger partial charge in [-0.1, -0.05) is 42.5 Å². The number of carbonyl (C=O) groups is 1. The normalized spacial score (nSPS) is 10.2. The molecule has 0 bridgehead atoms. The average Bonchev–Trinajstić information content (AvgIpc) is 2.49. The Hall–Kier alpha value is -2.17. The second kappa shape index (κ2) is 7.43. The van der Waals surface area contributed by atoms with Gasteiger partial charge in [0.2, 0.25) is 0 Å². The summed E-state index contributed by atoms with van der Waals surface area (Å²) in [6, 6.07) is 17.0. The molecule has 104 valence electrons. The molecule has 4 heteroatoms. The van der Waals surface area contributed by atoms with E-state index < -0.39 is 0 Å². The van der Waals surface area contributed by atoms with Crippen molar-refractivity contribution < 1.29 is 9.63 Å². The molecule has 0 heterocycles. The maximum Gasteiger partial charge on any atom is 0.274 e. The Kier molecular flexibility index (Phi) is 5.29. The summed E-state index contributed by atoms with van der Waals surface area (Å²) < 4.78 is 0. The third-order valence-electron chi connectivity index (χ3n) is 2.90. The molecule has 20 heavy (non-hydrogen) atoms. The summed E-state index contributed by atoms with van der Waals surface area (Å²) in [5.41, 5.74) is 10.6. The number of hydrogen-bond acceptors (Lipinski definition) is 3. The van der Waals surface area contributed by atoms with E-state index in [1.165, 1.54) is 0 Å². The van der Waals surface area contributed by atoms with E-state index in [1.54, 1.807) is 12.1 Å². The second-order valence-corrected chi connectivity index (χ2v) is 4.44. The van der Waals surface area contributed by atoms with Gasteiger partial charge in [-0.05, 0) is 36.2 Å². The summed E-state index contributed by atoms with van der Waals surface area (Å²) >= 11 is 0. The van der Waals surface area contributed by atoms with Gasteiger partial charge in [0.15, 0.2) is 0 Å². The zero-order valence-corrected chi connectivity index (χ0v) is 11.2. The van der Waals surface area contributed by atoms with Gasteiger partial charge in [-0.15, -0.1) is 0 Å². The van der Waals surface area contributed by atoms with Crippen LogP contribution in [0.1, 0.15) is 21.5 Å². The molecular weight excluding hydrogens is 252 g/mol. The van der Waals surface area contributed by atoms with E-state index in [-0.39, 0.29) is 5.91 Å². The first kappa shape index (κ1) is 14.2. The summed E-state index contributed by atoms with van der Waals surface area (Å²) in [6.07, 6.45) is 0.812. The highest BCUT2D eigenvalue weighted by Crippen LogP contribution is 2.05. The zero-order chi connectivity index (χ0) is 14.2. The Morgan fingerprint density at radius 1 is 1.00 bits per heavy atom. The van der Waals surface area contributed by atoms with Gasteiger partial charge in [-0.25, -0.2) is 5.48 Å². The largest absolute Gasteiger partial charge is 0.330 e. The maximum atomic E-state index is 11.8. The summed E-state index contributed by atoms with van der Waals surface area (Å²) in [5, 5.41) is 0. The Balaban J connectivity index is 1.82. The lowest BCUT2D eigenvalue weighted by Crippen LogP contribution is -2.23. The molecule has 0 saturated heterocycles. The predicted molar refractivity (Wildman–Crippen MR) is 77.9 cm³/mol. The topological polar surface area (TPSA) is 64.4 Å². The Bertz CT molecular complexity index is 538. The first-order chi connectivity index (χ1) is 9.79. The van der Waals surface area contributed by atoms with Gasteiger partial charge in [0.25, 0.3) is 5.91 Å². The smallest absolute Gasteiger partial charge is 0.274 e. The van der Waals surface area contributed by atoms with Gasteiger partial charge in [-0.3, -0.25) is 9.63 Å². The highest BCUT2D eigenvalue weighted by atomic mass is 16.6. The van der Waals surface area contributed by atoms with Crippen LogP contribution in [-0.2, 0) is 17.9 Å². The summed E-state index contributed by atoms with van der Waals surface area (Å²) in [7, 11) is 0. The third kappa shape index (κ3) is 4.19. The van der Waals surface area contributed by atoms with Gasteiger partial charge in [0, 0.05) is 5.56 Å². The molecule has 1 amide bonds. The molecule has 0 fully saturated rings. The van der Waals surface area contributed by atoms with E-state index in [0.29, 0.717) is 18.7 Å². The van der Waals surface area contributed by atoms with Crippen molar-refractivity contribution in [2.24, 2.45) is 5.73 Å². The van der Waals surface area contributed by atoms with Gasteiger partial charge in [-0.2, -0.15) is 0 Å². The number of hydrogen-bond donors (Lipinski definition) is 2. The van der Waals surface area contributed by atoms with Gasteiger partial charge in [0.05, 0.1) is 6.61 Å². The van der Waals surface area contributed by atoms with Crippen molar-refractivity contribution in [3.05, 3.63) is 71.3 Å². The number of carbonyl (C=O) groups excluding carboxylic acids is 1. The molecule has 0 radical (unpaired) electrons. The molecular formula is C16H18N2O2. The number of nitrogens with one attached hydrogen (secondary N) is 1. The van der Waals surface area contributed by atoms with Crippen LogP contribution in [0.4, 0.5) is 0 Å². The number of amides is 1. The average molecular weight is 270 g/mol. The van der Waals surface area contributed by atoms with Crippen LogP contribution in [0, 0.1) is 0 Å². The molecule has 0 aromatic heterocycles. The standard InChI is InChI=1S/C16H18N2O2/c17-11-10-13-6-8-15(9-7-13)16(19)18-20-12-14-4-2-1-3-5-14/h1-9H,10-12,17H2,(H,18,19). The zero-order valence-electron chi connectivity index (χ0n) is 11.2. The molecule has 0 spiro atoms. The predicted octanol–water partition coefficient (Wildman–Crippen LogP) is 2.05. The number of benzene rings is 2. The molecule has 0 atom stereocenters. The molecule has 4 nitrogen and oxygen atoms in total. The minimum atomic E-state index is -0.250. The lowest BCUT2D eigenvalue weighted by molar-refractivity contribution is 0.0233. The summed E-state index contributed by atoms with van der Waals surface area (Å²) in [6.45, 7) is 0.948. The van der Waals surface area contributed by atoms with E-state index in [9.17, 15) is 4.79 Å². The number of rotatable bonds is 6. The van der Waals surface area contributed by atoms with Crippen molar-refractivity contribution in [3.63, 3.8) is 0 Å². The third-order valence-corrected chi connectivity index (χ3v) is 2.90. The molecule has 3 N–H and O–H groups in total. The van der Waals surface area contributed by atoms with Crippen molar-refractivity contribution in [3.8, 4) is 0 Å². The highest BCUT2D eigenvalue weighted by Gasteiger charge is 2.05. The monoisotopic (exact) mass is 270 g/mol. The first-order valence-corrected chi connectivity index (χ1v) is 6.54. The van der Waals surface area contributed by atoms with Crippen LogP contribution in [-0.4, -0.2) is 12.5 Å². The Morgan fingerprint density at radius 2 is 1.70 bits per heavy atom. The van der Waals surface area contributed by atoms with Crippen molar-refractivity contribution in [2.45, 2.75) is 13.0 Å². The fraction of sp³-hybridized carbons (Fsp3) is 0.188. The van der Waals surface area contributed by atoms with Gasteiger partial charge < -0.3 is 5.73 Å². The molecule has 2 rings (SSSR count). The van der Waals surface area contributed by atoms with Crippen molar-refractivity contribution in [1.29, 1.82) is 0 Å². The van der Waals surface area contributed by atoms with Crippen molar-refractivity contribution >= 4 is 5.91 Å². The van der Waals surface area contributed by atoms with Crippen LogP contribution in [0.3, 0.4) is 0 Å². The molecule has 0 saturated carbocycles. The van der Waals surface area contributed by atoms with E-state index in [1.807, 2.05) is 42.5 Å². The Morgan fingerprint density at radius 3 is 2.35 bits per heavy atom. The van der Waals surface area contributed by atoms with Crippen LogP contribution >= 0.6 is 0 Å². The van der Waals surface area contributed by atoms with Gasteiger partial charge in [0.1, 0.15) is 0 Å². The molecule has 0 aliphatic rings. The minimum absolute atomic E-state index is 0.250. The van der Waals surface area contributed by atoms with Crippen molar-refractivity contribution in [2.75, 3.05) is 6.54 Å². The highest BCUT2D eigenvalue weighted by molar-refractivity contribution is 5.93. The molecule has 0 unspecified atom stereocenters. The quantitative estimate of drug-likeness (QED) is 0.790. The number of nitrogens with two attached hydrogens (primary N) is 1. The summed E-state index contributed by atoms with van der Waals surface area (Å²) in [4.78, 5) is 17.0. The SMILES string of the molecule is NCCc1ccc(C(=O)NOCc2ccccc2)cc1. The molecule has 0 aliphatic heterocycles. The fourth-order valence-corrected chi connectivity index (χ4v) is 1.81. The fourth-order valence-electron chi connectivity index (χ4n) is 1.81. The van der Waals surface area contributed by atoms with Crippen LogP contribution < -0.4 is 11.2 Å². The lowest BCUT2D eigenvalue weighted by Gasteiger charge is -2.06. The number of hydroxylamine groups is 1. The van der Waals surface area contributed by atoms with E-state index >= 15 is 0 Å². The van der Waals surface area contributed by atoms with Crippen LogP contribution in [0.5, 0.6) is 0 Å². The van der Waals surface area contributed by atoms with Crippen molar-refractivity contribution in [1.82, 2.24) is 5.48 Å². The van der Waals surface area contributed by atoms with E-state index in [2.05, 4.69) is 5.48 Å². The second-order valence-electron chi connectivity index (χ2n) is 4.44. The molecule has 2 aromatic carbocycles. The molecule has 0 aliphatic carbocycles. The lowest BCUT2D eigenvalue weighted by atomic mass is 10.1. The summed E-state index contributed by atoms with van der Waals surface area (Å²) in [5.74, 6) is -0.250. The molecule has 2 aromatic rings. The van der Waals surface area contributed by atoms with E-state index in [4.69, 9.17) is 10.6 Å². The Labute approximate surface area is 118 Å². The van der Waals surface area contributed by atoms with Crippen LogP contribution in [0.25, 0.3) is 0 Å².